The molecule has 2 rings (SSSR count). The second-order valence-electron chi connectivity index (χ2n) is 10.3. The SMILES string of the molecule is C/C=C/CNC(=O)CCSC1CC(=O)N(CC2CCC(C(=O)NC)CC2)C1=O.C/C=C/CNC(=O)CNC(=O)CCSC. The third-order valence-corrected chi connectivity index (χ3v) is 8.86. The van der Waals surface area contributed by atoms with Crippen LogP contribution < -0.4 is 21.3 Å². The highest BCUT2D eigenvalue weighted by molar-refractivity contribution is 8.00. The monoisotopic (exact) mass is 639 g/mol. The molecule has 1 heterocycles. The minimum absolute atomic E-state index is 0.0490. The fourth-order valence-corrected chi connectivity index (χ4v) is 6.04. The van der Waals surface area contributed by atoms with Crippen LogP contribution in [-0.2, 0) is 28.8 Å². The maximum Gasteiger partial charge on any atom is 0.242 e. The molecule has 0 aromatic heterocycles. The largest absolute Gasteiger partial charge is 0.359 e. The summed E-state index contributed by atoms with van der Waals surface area (Å²) in [5.74, 6) is 1.18. The molecule has 4 N–H and O–H groups in total. The lowest BCUT2D eigenvalue weighted by molar-refractivity contribution is -0.139. The molecule has 242 valence electrons. The Kier molecular flexibility index (Phi) is 20.2. The molecule has 1 unspecified atom stereocenters. The van der Waals surface area contributed by atoms with Crippen LogP contribution in [0.2, 0.25) is 0 Å². The lowest BCUT2D eigenvalue weighted by Crippen LogP contribution is -2.38. The first-order chi connectivity index (χ1) is 20.7. The second kappa shape index (κ2) is 22.7. The Bertz CT molecular complexity index is 982. The van der Waals surface area contributed by atoms with Crippen LogP contribution >= 0.6 is 23.5 Å². The van der Waals surface area contributed by atoms with Gasteiger partial charge in [-0.05, 0) is 51.7 Å². The first-order valence-corrected chi connectivity index (χ1v) is 17.3. The van der Waals surface area contributed by atoms with Gasteiger partial charge in [0.25, 0.3) is 0 Å². The van der Waals surface area contributed by atoms with Gasteiger partial charge in [-0.2, -0.15) is 11.8 Å². The first-order valence-electron chi connectivity index (χ1n) is 14.8. The van der Waals surface area contributed by atoms with Crippen LogP contribution in [0.4, 0.5) is 0 Å². The zero-order chi connectivity index (χ0) is 32.0. The van der Waals surface area contributed by atoms with Crippen LogP contribution in [0.3, 0.4) is 0 Å². The van der Waals surface area contributed by atoms with Gasteiger partial charge in [0, 0.05) is 63.4 Å². The Morgan fingerprint density at radius 1 is 0.860 bits per heavy atom. The quantitative estimate of drug-likeness (QED) is 0.148. The van der Waals surface area contributed by atoms with Gasteiger partial charge in [-0.3, -0.25) is 33.7 Å². The topological polar surface area (TPSA) is 154 Å². The number of imide groups is 1. The van der Waals surface area contributed by atoms with Gasteiger partial charge in [0.2, 0.25) is 35.4 Å². The summed E-state index contributed by atoms with van der Waals surface area (Å²) >= 11 is 3.00. The molecular formula is C30H49N5O6S2. The molecule has 0 radical (unpaired) electrons. The Hall–Kier alpha value is -2.80. The molecule has 0 spiro atoms. The first kappa shape index (κ1) is 38.2. The van der Waals surface area contributed by atoms with E-state index in [-0.39, 0.29) is 65.5 Å². The van der Waals surface area contributed by atoms with Gasteiger partial charge in [-0.1, -0.05) is 24.3 Å². The van der Waals surface area contributed by atoms with Gasteiger partial charge in [-0.25, -0.2) is 0 Å². The maximum atomic E-state index is 12.6. The molecule has 0 aromatic carbocycles. The summed E-state index contributed by atoms with van der Waals surface area (Å²) in [6.45, 7) is 5.32. The predicted molar refractivity (Wildman–Crippen MR) is 173 cm³/mol. The molecule has 1 atom stereocenters. The van der Waals surface area contributed by atoms with Crippen LogP contribution in [0.5, 0.6) is 0 Å². The Labute approximate surface area is 264 Å². The summed E-state index contributed by atoms with van der Waals surface area (Å²) in [6, 6.07) is 0. The lowest BCUT2D eigenvalue weighted by Gasteiger charge is -2.29. The molecule has 1 saturated carbocycles. The van der Waals surface area contributed by atoms with E-state index < -0.39 is 0 Å². The Balaban J connectivity index is 0.000000523. The van der Waals surface area contributed by atoms with E-state index in [0.717, 1.165) is 31.4 Å². The number of hydrogen-bond donors (Lipinski definition) is 4. The standard InChI is InChI=1S/C20H31N3O4S.C10H18N2O2S/c1-3-4-10-22-17(24)9-11-28-16-12-18(25)23(20(16)27)13-14-5-7-15(8-6-14)19(26)21-2;1-3-4-6-11-10(14)8-12-9(13)5-7-15-2/h3-4,14-16H,5-13H2,1-2H3,(H,21,26)(H,22,24);3-4H,5-8H2,1-2H3,(H,11,14)(H,12,13)/b2*4-3+. The summed E-state index contributed by atoms with van der Waals surface area (Å²) in [4.78, 5) is 72.0. The predicted octanol–water partition coefficient (Wildman–Crippen LogP) is 2.03. The number of allylic oxidation sites excluding steroid dienone is 2. The van der Waals surface area contributed by atoms with Crippen molar-refractivity contribution < 1.29 is 28.8 Å². The van der Waals surface area contributed by atoms with Gasteiger partial charge in [0.15, 0.2) is 0 Å². The van der Waals surface area contributed by atoms with E-state index in [9.17, 15) is 28.8 Å². The summed E-state index contributed by atoms with van der Waals surface area (Å²) in [6.07, 6.45) is 13.7. The van der Waals surface area contributed by atoms with Crippen LogP contribution in [0.15, 0.2) is 24.3 Å². The van der Waals surface area contributed by atoms with Gasteiger partial charge >= 0.3 is 0 Å². The smallest absolute Gasteiger partial charge is 0.242 e. The highest BCUT2D eigenvalue weighted by Gasteiger charge is 2.40. The van der Waals surface area contributed by atoms with Crippen molar-refractivity contribution in [3.63, 3.8) is 0 Å². The van der Waals surface area contributed by atoms with Gasteiger partial charge in [0.1, 0.15) is 0 Å². The molecule has 11 nitrogen and oxygen atoms in total. The third-order valence-electron chi connectivity index (χ3n) is 7.04. The zero-order valence-electron chi connectivity index (χ0n) is 25.9. The molecule has 1 aliphatic heterocycles. The summed E-state index contributed by atoms with van der Waals surface area (Å²) in [5.41, 5.74) is 0. The van der Waals surface area contributed by atoms with Crippen LogP contribution in [0, 0.1) is 11.8 Å². The van der Waals surface area contributed by atoms with Crippen molar-refractivity contribution in [3.8, 4) is 0 Å². The number of carbonyl (C=O) groups excluding carboxylic acids is 6. The fourth-order valence-electron chi connectivity index (χ4n) is 4.53. The number of nitrogens with one attached hydrogen (secondary N) is 4. The second-order valence-corrected chi connectivity index (χ2v) is 12.6. The van der Waals surface area contributed by atoms with Crippen molar-refractivity contribution in [3.05, 3.63) is 24.3 Å². The van der Waals surface area contributed by atoms with E-state index in [2.05, 4.69) is 21.3 Å². The van der Waals surface area contributed by atoms with Crippen molar-refractivity contribution in [1.82, 2.24) is 26.2 Å². The van der Waals surface area contributed by atoms with E-state index >= 15 is 0 Å². The highest BCUT2D eigenvalue weighted by atomic mass is 32.2. The summed E-state index contributed by atoms with van der Waals surface area (Å²) < 4.78 is 0. The van der Waals surface area contributed by atoms with E-state index in [0.29, 0.717) is 38.2 Å². The average molecular weight is 640 g/mol. The van der Waals surface area contributed by atoms with E-state index in [1.807, 2.05) is 44.4 Å². The fraction of sp³-hybridized carbons (Fsp3) is 0.667. The molecule has 1 saturated heterocycles. The third kappa shape index (κ3) is 16.0. The molecule has 6 amide bonds. The number of amides is 6. The van der Waals surface area contributed by atoms with Crippen LogP contribution in [0.1, 0.15) is 58.8 Å². The molecule has 0 aromatic rings. The molecule has 2 fully saturated rings. The van der Waals surface area contributed by atoms with E-state index in [4.69, 9.17) is 0 Å². The molecule has 13 heteroatoms. The van der Waals surface area contributed by atoms with Crippen molar-refractivity contribution in [2.45, 2.75) is 64.0 Å². The number of thioether (sulfide) groups is 2. The van der Waals surface area contributed by atoms with Crippen molar-refractivity contribution in [2.75, 3.05) is 51.0 Å². The number of rotatable bonds is 16. The number of hydrogen-bond acceptors (Lipinski definition) is 8. The molecule has 2 aliphatic rings. The average Bonchev–Trinajstić information content (AvgIpc) is 3.27. The number of carbonyl (C=O) groups is 6. The van der Waals surface area contributed by atoms with Gasteiger partial charge in [-0.15, -0.1) is 11.8 Å². The number of likely N-dealkylation sites (tertiary alicyclic amines) is 1. The van der Waals surface area contributed by atoms with Crippen molar-refractivity contribution >= 4 is 59.0 Å². The minimum atomic E-state index is -0.377. The maximum absolute atomic E-state index is 12.6. The molecular weight excluding hydrogens is 590 g/mol. The molecule has 0 bridgehead atoms. The normalized spacial score (nSPS) is 20.1. The van der Waals surface area contributed by atoms with E-state index in [1.54, 1.807) is 18.8 Å². The molecule has 1 aliphatic carbocycles. The Morgan fingerprint density at radius 2 is 1.44 bits per heavy atom. The van der Waals surface area contributed by atoms with E-state index in [1.165, 1.54) is 16.7 Å². The Morgan fingerprint density at radius 3 is 2.02 bits per heavy atom. The van der Waals surface area contributed by atoms with Crippen molar-refractivity contribution in [1.29, 1.82) is 0 Å². The van der Waals surface area contributed by atoms with Gasteiger partial charge in [0.05, 0.1) is 11.8 Å². The minimum Gasteiger partial charge on any atom is -0.359 e. The zero-order valence-corrected chi connectivity index (χ0v) is 27.6. The highest BCUT2D eigenvalue weighted by Crippen LogP contribution is 2.32. The summed E-state index contributed by atoms with van der Waals surface area (Å²) in [5, 5.41) is 10.3. The molecule has 43 heavy (non-hydrogen) atoms. The van der Waals surface area contributed by atoms with Crippen LogP contribution in [-0.4, -0.2) is 96.6 Å². The lowest BCUT2D eigenvalue weighted by atomic mass is 9.81. The number of nitrogens with zero attached hydrogens (tertiary/aromatic N) is 1. The summed E-state index contributed by atoms with van der Waals surface area (Å²) in [7, 11) is 1.65. The van der Waals surface area contributed by atoms with Crippen LogP contribution in [0.25, 0.3) is 0 Å². The van der Waals surface area contributed by atoms with Gasteiger partial charge < -0.3 is 21.3 Å². The van der Waals surface area contributed by atoms with Crippen molar-refractivity contribution in [2.24, 2.45) is 11.8 Å².